The third-order valence-electron chi connectivity index (χ3n) is 4.33. The number of esters is 1. The molecule has 4 aromatic rings. The van der Waals surface area contributed by atoms with E-state index in [-0.39, 0.29) is 23.5 Å². The normalized spacial score (nSPS) is 11.1. The molecule has 0 aliphatic rings. The van der Waals surface area contributed by atoms with Gasteiger partial charge < -0.3 is 9.72 Å². The number of para-hydroxylation sites is 2. The van der Waals surface area contributed by atoms with Gasteiger partial charge in [0.05, 0.1) is 23.0 Å². The Morgan fingerprint density at radius 3 is 2.63 bits per heavy atom. The maximum Gasteiger partial charge on any atom is 0.359 e. The van der Waals surface area contributed by atoms with E-state index in [1.165, 1.54) is 0 Å². The molecule has 0 amide bonds. The van der Waals surface area contributed by atoms with E-state index in [0.29, 0.717) is 23.7 Å². The lowest BCUT2D eigenvalue weighted by molar-refractivity contribution is 0.0490. The van der Waals surface area contributed by atoms with Gasteiger partial charge in [0.2, 0.25) is 0 Å². The van der Waals surface area contributed by atoms with E-state index in [1.807, 2.05) is 24.3 Å². The largest absolute Gasteiger partial charge is 0.461 e. The molecule has 8 heteroatoms. The average molecular weight is 364 g/mol. The molecule has 0 saturated heterocycles. The zero-order valence-corrected chi connectivity index (χ0v) is 14.3. The van der Waals surface area contributed by atoms with E-state index in [2.05, 4.69) is 15.2 Å². The van der Waals surface area contributed by atoms with Gasteiger partial charge >= 0.3 is 11.7 Å². The number of ether oxygens (including phenoxy) is 1. The summed E-state index contributed by atoms with van der Waals surface area (Å²) >= 11 is 0. The molecule has 0 aliphatic carbocycles. The van der Waals surface area contributed by atoms with E-state index >= 15 is 0 Å². The van der Waals surface area contributed by atoms with Crippen molar-refractivity contribution >= 4 is 27.8 Å². The second-order valence-electron chi connectivity index (χ2n) is 6.04. The molecule has 0 spiro atoms. The van der Waals surface area contributed by atoms with Crippen molar-refractivity contribution in [2.24, 2.45) is 0 Å². The van der Waals surface area contributed by atoms with Crippen molar-refractivity contribution < 1.29 is 9.53 Å². The standard InChI is InChI=1S/C19H16N4O4/c24-17-13-7-2-1-6-12(13)16(21-22-17)18(25)27-11-5-10-23-15-9-4-3-8-14(15)20-19(23)26/h1-4,6-9H,5,10-11H2,(H,20,26)(H,22,24). The van der Waals surface area contributed by atoms with Crippen molar-refractivity contribution in [2.75, 3.05) is 6.61 Å². The lowest BCUT2D eigenvalue weighted by atomic mass is 10.1. The van der Waals surface area contributed by atoms with Gasteiger partial charge in [-0.1, -0.05) is 30.3 Å². The van der Waals surface area contributed by atoms with Crippen LogP contribution < -0.4 is 11.2 Å². The van der Waals surface area contributed by atoms with Crippen molar-refractivity contribution in [3.63, 3.8) is 0 Å². The highest BCUT2D eigenvalue weighted by molar-refractivity contribution is 6.01. The molecule has 8 nitrogen and oxygen atoms in total. The molecule has 0 bridgehead atoms. The highest BCUT2D eigenvalue weighted by Gasteiger charge is 2.15. The Labute approximate surface area is 152 Å². The lowest BCUT2D eigenvalue weighted by Crippen LogP contribution is -2.19. The SMILES string of the molecule is O=C(OCCCn1c(=O)[nH]c2ccccc21)c1n[nH]c(=O)c2ccccc12. The number of nitrogens with zero attached hydrogens (tertiary/aromatic N) is 2. The Morgan fingerprint density at radius 2 is 1.78 bits per heavy atom. The van der Waals surface area contributed by atoms with Crippen molar-refractivity contribution in [1.82, 2.24) is 19.7 Å². The molecule has 0 aliphatic heterocycles. The number of carbonyl (C=O) groups is 1. The number of H-pyrrole nitrogens is 2. The third-order valence-corrected chi connectivity index (χ3v) is 4.33. The van der Waals surface area contributed by atoms with Crippen LogP contribution in [0.1, 0.15) is 16.9 Å². The van der Waals surface area contributed by atoms with Gasteiger partial charge in [-0.2, -0.15) is 5.10 Å². The highest BCUT2D eigenvalue weighted by atomic mass is 16.5. The van der Waals surface area contributed by atoms with Gasteiger partial charge in [0, 0.05) is 11.9 Å². The van der Waals surface area contributed by atoms with Gasteiger partial charge in [0.25, 0.3) is 5.56 Å². The van der Waals surface area contributed by atoms with Crippen LogP contribution in [0.15, 0.2) is 58.1 Å². The summed E-state index contributed by atoms with van der Waals surface area (Å²) in [7, 11) is 0. The molecule has 0 fully saturated rings. The fourth-order valence-corrected chi connectivity index (χ4v) is 3.06. The van der Waals surface area contributed by atoms with Crippen LogP contribution in [-0.2, 0) is 11.3 Å². The number of hydrogen-bond acceptors (Lipinski definition) is 5. The molecule has 0 atom stereocenters. The number of aryl methyl sites for hydroxylation is 1. The number of imidazole rings is 1. The number of fused-ring (bicyclic) bond motifs is 2. The molecule has 2 aromatic heterocycles. The molecule has 0 unspecified atom stereocenters. The monoisotopic (exact) mass is 364 g/mol. The van der Waals surface area contributed by atoms with Gasteiger partial charge in [-0.3, -0.25) is 9.36 Å². The zero-order chi connectivity index (χ0) is 18.8. The van der Waals surface area contributed by atoms with E-state index < -0.39 is 5.97 Å². The predicted octanol–water partition coefficient (Wildman–Crippen LogP) is 1.81. The first-order valence-corrected chi connectivity index (χ1v) is 8.47. The van der Waals surface area contributed by atoms with Crippen LogP contribution in [0.5, 0.6) is 0 Å². The average Bonchev–Trinajstić information content (AvgIpc) is 3.01. The van der Waals surface area contributed by atoms with E-state index in [0.717, 1.165) is 11.0 Å². The minimum atomic E-state index is -0.617. The first-order valence-electron chi connectivity index (χ1n) is 8.47. The molecule has 2 heterocycles. The van der Waals surface area contributed by atoms with Crippen LogP contribution in [0, 0.1) is 0 Å². The van der Waals surface area contributed by atoms with Gasteiger partial charge in [-0.15, -0.1) is 0 Å². The van der Waals surface area contributed by atoms with Crippen molar-refractivity contribution in [3.8, 4) is 0 Å². The summed E-state index contributed by atoms with van der Waals surface area (Å²) in [6, 6.07) is 14.1. The number of carbonyl (C=O) groups excluding carboxylic acids is 1. The molecule has 27 heavy (non-hydrogen) atoms. The second kappa shape index (κ2) is 6.91. The van der Waals surface area contributed by atoms with Crippen molar-refractivity contribution in [2.45, 2.75) is 13.0 Å². The van der Waals surface area contributed by atoms with E-state index in [1.54, 1.807) is 28.8 Å². The summed E-state index contributed by atoms with van der Waals surface area (Å²) in [5.41, 5.74) is 1.08. The summed E-state index contributed by atoms with van der Waals surface area (Å²) < 4.78 is 6.89. The van der Waals surface area contributed by atoms with Crippen LogP contribution in [-0.4, -0.2) is 32.3 Å². The van der Waals surface area contributed by atoms with E-state index in [4.69, 9.17) is 4.74 Å². The number of hydrogen-bond donors (Lipinski definition) is 2. The van der Waals surface area contributed by atoms with Crippen LogP contribution >= 0.6 is 0 Å². The number of benzene rings is 2. The Morgan fingerprint density at radius 1 is 1.04 bits per heavy atom. The van der Waals surface area contributed by atoms with Gasteiger partial charge in [0.15, 0.2) is 5.69 Å². The summed E-state index contributed by atoms with van der Waals surface area (Å²) in [5, 5.41) is 6.95. The second-order valence-corrected chi connectivity index (χ2v) is 6.04. The third kappa shape index (κ3) is 3.12. The van der Waals surface area contributed by atoms with Crippen LogP contribution in [0.2, 0.25) is 0 Å². The Hall–Kier alpha value is -3.68. The Kier molecular flexibility index (Phi) is 4.29. The van der Waals surface area contributed by atoms with Crippen molar-refractivity contribution in [1.29, 1.82) is 0 Å². The summed E-state index contributed by atoms with van der Waals surface area (Å²) in [4.78, 5) is 38.9. The van der Waals surface area contributed by atoms with Gasteiger partial charge in [0.1, 0.15) is 0 Å². The number of aromatic amines is 2. The summed E-state index contributed by atoms with van der Waals surface area (Å²) in [6.45, 7) is 0.538. The maximum absolute atomic E-state index is 12.3. The van der Waals surface area contributed by atoms with Gasteiger partial charge in [-0.25, -0.2) is 14.7 Å². The molecule has 136 valence electrons. The van der Waals surface area contributed by atoms with E-state index in [9.17, 15) is 14.4 Å². The first-order chi connectivity index (χ1) is 13.1. The Bertz CT molecular complexity index is 1250. The Balaban J connectivity index is 1.45. The lowest BCUT2D eigenvalue weighted by Gasteiger charge is -2.07. The fourth-order valence-electron chi connectivity index (χ4n) is 3.06. The molecule has 2 aromatic carbocycles. The molecule has 4 rings (SSSR count). The minimum Gasteiger partial charge on any atom is -0.461 e. The topological polar surface area (TPSA) is 110 Å². The van der Waals surface area contributed by atoms with Crippen LogP contribution in [0.3, 0.4) is 0 Å². The first kappa shape index (κ1) is 16.8. The van der Waals surface area contributed by atoms with Crippen molar-refractivity contribution in [3.05, 3.63) is 75.1 Å². The minimum absolute atomic E-state index is 0.0643. The molecule has 2 N–H and O–H groups in total. The molecule has 0 radical (unpaired) electrons. The predicted molar refractivity (Wildman–Crippen MR) is 99.8 cm³/mol. The van der Waals surface area contributed by atoms with Gasteiger partial charge in [-0.05, 0) is 24.6 Å². The molecular weight excluding hydrogens is 348 g/mol. The van der Waals surface area contributed by atoms with Crippen LogP contribution in [0.4, 0.5) is 0 Å². The molecule has 0 saturated carbocycles. The number of nitrogens with one attached hydrogen (secondary N) is 2. The number of aromatic nitrogens is 4. The summed E-state index contributed by atoms with van der Waals surface area (Å²) in [5.74, 6) is -0.617. The molecular formula is C19H16N4O4. The fraction of sp³-hybridized carbons (Fsp3) is 0.158. The zero-order valence-electron chi connectivity index (χ0n) is 14.3. The van der Waals surface area contributed by atoms with Crippen LogP contribution in [0.25, 0.3) is 21.8 Å². The highest BCUT2D eigenvalue weighted by Crippen LogP contribution is 2.14. The number of rotatable bonds is 5. The smallest absolute Gasteiger partial charge is 0.359 e. The summed E-state index contributed by atoms with van der Waals surface area (Å²) in [6.07, 6.45) is 0.467. The quantitative estimate of drug-likeness (QED) is 0.415. The maximum atomic E-state index is 12.3.